The number of fused-ring (bicyclic) bond motifs is 2. The van der Waals surface area contributed by atoms with Crippen LogP contribution in [0.3, 0.4) is 0 Å². The summed E-state index contributed by atoms with van der Waals surface area (Å²) < 4.78 is 75.4. The minimum Gasteiger partial charge on any atom is -0.427 e. The van der Waals surface area contributed by atoms with Crippen LogP contribution in [-0.2, 0) is 32.9 Å². The molecule has 0 aromatic heterocycles. The van der Waals surface area contributed by atoms with Crippen LogP contribution in [0.25, 0.3) is 0 Å². The van der Waals surface area contributed by atoms with Crippen molar-refractivity contribution in [2.75, 3.05) is 12.3 Å². The van der Waals surface area contributed by atoms with E-state index in [2.05, 4.69) is 0 Å². The maximum absolute atomic E-state index is 14.5. The first-order chi connectivity index (χ1) is 17.4. The fourth-order valence-corrected chi connectivity index (χ4v) is 5.18. The van der Waals surface area contributed by atoms with E-state index >= 15 is 0 Å². The highest BCUT2D eigenvalue weighted by molar-refractivity contribution is 6.06. The monoisotopic (exact) mass is 523 g/mol. The summed E-state index contributed by atoms with van der Waals surface area (Å²) in [5.41, 5.74) is 4.03. The quantitative estimate of drug-likeness (QED) is 0.456. The van der Waals surface area contributed by atoms with E-state index in [1.54, 1.807) is 0 Å². The maximum Gasteiger partial charge on any atom is 0.418 e. The minimum atomic E-state index is -4.77. The van der Waals surface area contributed by atoms with E-state index in [1.807, 2.05) is 0 Å². The zero-order chi connectivity index (χ0) is 26.7. The van der Waals surface area contributed by atoms with Gasteiger partial charge in [0.25, 0.3) is 5.91 Å². The van der Waals surface area contributed by atoms with Gasteiger partial charge >= 0.3 is 12.3 Å². The zero-order valence-corrected chi connectivity index (χ0v) is 19.4. The average Bonchev–Trinajstić information content (AvgIpc) is 3.54. The van der Waals surface area contributed by atoms with Gasteiger partial charge in [0, 0.05) is 18.5 Å². The van der Waals surface area contributed by atoms with Crippen molar-refractivity contribution >= 4 is 23.6 Å². The number of nitrogens with two attached hydrogens (primary N) is 1. The van der Waals surface area contributed by atoms with E-state index in [1.165, 1.54) is 24.3 Å². The smallest absolute Gasteiger partial charge is 0.418 e. The van der Waals surface area contributed by atoms with E-state index < -0.39 is 66.4 Å². The molecule has 2 aliphatic carbocycles. The highest BCUT2D eigenvalue weighted by Crippen LogP contribution is 2.47. The number of nitrogens with zero attached hydrogens (tertiary/aromatic N) is 2. The Morgan fingerprint density at radius 1 is 1.14 bits per heavy atom. The second kappa shape index (κ2) is 8.70. The second-order valence-corrected chi connectivity index (χ2v) is 9.55. The molecule has 1 spiro atoms. The van der Waals surface area contributed by atoms with Crippen molar-refractivity contribution in [2.45, 2.75) is 50.0 Å². The van der Waals surface area contributed by atoms with E-state index in [4.69, 9.17) is 10.5 Å². The largest absolute Gasteiger partial charge is 0.427 e. The molecular formula is C25H22F5N3O4. The Hall–Kier alpha value is -3.70. The molecule has 3 amide bonds. The van der Waals surface area contributed by atoms with Crippen molar-refractivity contribution in [1.29, 1.82) is 0 Å². The van der Waals surface area contributed by atoms with Crippen LogP contribution in [0.2, 0.25) is 0 Å². The summed E-state index contributed by atoms with van der Waals surface area (Å²) in [5.74, 6) is -4.24. The summed E-state index contributed by atoms with van der Waals surface area (Å²) >= 11 is 0. The van der Waals surface area contributed by atoms with E-state index in [-0.39, 0.29) is 48.1 Å². The Morgan fingerprint density at radius 2 is 1.81 bits per heavy atom. The summed E-state index contributed by atoms with van der Waals surface area (Å²) in [4.78, 5) is 40.4. The third-order valence-electron chi connectivity index (χ3n) is 7.13. The molecule has 5 rings (SSSR count). The van der Waals surface area contributed by atoms with E-state index in [9.17, 15) is 36.3 Å². The minimum absolute atomic E-state index is 0.0432. The lowest BCUT2D eigenvalue weighted by atomic mass is 9.94. The fraction of sp³-hybridized carbons (Fsp3) is 0.400. The summed E-state index contributed by atoms with van der Waals surface area (Å²) in [6.07, 6.45) is -5.51. The standard InChI is InChI=1S/C25H22F5N3O4/c26-15-5-1-13(2-6-15)11-32(21(14-3-4-14)25(28,29)30)19(34)12-33-22(35)24(37-23(33)36)10-9-16-17(24)7-8-18(31)20(16)27/h1-2,5-8,14,21H,3-4,9-12,31H2. The molecule has 0 radical (unpaired) electrons. The van der Waals surface area contributed by atoms with Crippen LogP contribution in [0, 0.1) is 17.6 Å². The van der Waals surface area contributed by atoms with Gasteiger partial charge in [0.05, 0.1) is 5.69 Å². The van der Waals surface area contributed by atoms with Gasteiger partial charge < -0.3 is 15.4 Å². The number of benzene rings is 2. The van der Waals surface area contributed by atoms with Crippen molar-refractivity contribution < 1.29 is 41.1 Å². The summed E-state index contributed by atoms with van der Waals surface area (Å²) in [6, 6.07) is 5.09. The van der Waals surface area contributed by atoms with Crippen LogP contribution in [0.15, 0.2) is 36.4 Å². The van der Waals surface area contributed by atoms with Gasteiger partial charge in [-0.1, -0.05) is 18.2 Å². The van der Waals surface area contributed by atoms with Gasteiger partial charge in [0.15, 0.2) is 0 Å². The van der Waals surface area contributed by atoms with Crippen molar-refractivity contribution in [2.24, 2.45) is 5.92 Å². The number of rotatable bonds is 6. The Balaban J connectivity index is 1.43. The first kappa shape index (κ1) is 25.0. The molecule has 12 heteroatoms. The highest BCUT2D eigenvalue weighted by Gasteiger charge is 2.60. The topological polar surface area (TPSA) is 92.9 Å². The van der Waals surface area contributed by atoms with Gasteiger partial charge in [-0.2, -0.15) is 13.2 Å². The molecule has 2 aromatic rings. The summed E-state index contributed by atoms with van der Waals surface area (Å²) in [6.45, 7) is -1.50. The lowest BCUT2D eigenvalue weighted by Crippen LogP contribution is -2.53. The molecule has 1 saturated carbocycles. The Labute approximate surface area is 208 Å². The van der Waals surface area contributed by atoms with Crippen LogP contribution in [0.4, 0.5) is 32.4 Å². The molecule has 2 fully saturated rings. The zero-order valence-electron chi connectivity index (χ0n) is 19.4. The molecule has 1 saturated heterocycles. The van der Waals surface area contributed by atoms with Crippen LogP contribution in [-0.4, -0.2) is 46.5 Å². The van der Waals surface area contributed by atoms with E-state index in [0.29, 0.717) is 9.80 Å². The lowest BCUT2D eigenvalue weighted by Gasteiger charge is -2.34. The molecule has 37 heavy (non-hydrogen) atoms. The van der Waals surface area contributed by atoms with E-state index in [0.717, 1.165) is 12.1 Å². The number of alkyl halides is 3. The number of nitrogen functional groups attached to an aromatic ring is 1. The molecular weight excluding hydrogens is 501 g/mol. The summed E-state index contributed by atoms with van der Waals surface area (Å²) in [7, 11) is 0. The molecule has 196 valence electrons. The van der Waals surface area contributed by atoms with Crippen LogP contribution >= 0.6 is 0 Å². The maximum atomic E-state index is 14.5. The number of imide groups is 1. The van der Waals surface area contributed by atoms with Crippen molar-refractivity contribution in [3.8, 4) is 0 Å². The molecule has 1 aliphatic heterocycles. The molecule has 0 bridgehead atoms. The molecule has 7 nitrogen and oxygen atoms in total. The van der Waals surface area contributed by atoms with Gasteiger partial charge in [-0.3, -0.25) is 9.59 Å². The average molecular weight is 523 g/mol. The molecule has 1 heterocycles. The Morgan fingerprint density at radius 3 is 2.43 bits per heavy atom. The molecule has 3 aliphatic rings. The van der Waals surface area contributed by atoms with Crippen molar-refractivity contribution in [1.82, 2.24) is 9.80 Å². The predicted octanol–water partition coefficient (Wildman–Crippen LogP) is 4.04. The van der Waals surface area contributed by atoms with Gasteiger partial charge in [0.1, 0.15) is 24.2 Å². The Kier molecular flexibility index (Phi) is 5.87. The normalized spacial score (nSPS) is 21.8. The number of ether oxygens (including phenoxy) is 1. The molecule has 2 unspecified atom stereocenters. The van der Waals surface area contributed by atoms with Gasteiger partial charge in [-0.25, -0.2) is 18.5 Å². The fourth-order valence-electron chi connectivity index (χ4n) is 5.18. The number of halogens is 5. The number of hydrogen-bond acceptors (Lipinski definition) is 5. The van der Waals surface area contributed by atoms with Gasteiger partial charge in [-0.15, -0.1) is 0 Å². The number of amides is 3. The van der Waals surface area contributed by atoms with Crippen molar-refractivity contribution in [3.63, 3.8) is 0 Å². The number of anilines is 1. The van der Waals surface area contributed by atoms with Crippen LogP contribution in [0.5, 0.6) is 0 Å². The predicted molar refractivity (Wildman–Crippen MR) is 119 cm³/mol. The van der Waals surface area contributed by atoms with Crippen LogP contribution in [0.1, 0.15) is 36.0 Å². The van der Waals surface area contributed by atoms with Crippen LogP contribution < -0.4 is 5.73 Å². The van der Waals surface area contributed by atoms with Crippen molar-refractivity contribution in [3.05, 3.63) is 64.7 Å². The number of carbonyl (C=O) groups excluding carboxylic acids is 3. The third-order valence-corrected chi connectivity index (χ3v) is 7.13. The highest BCUT2D eigenvalue weighted by atomic mass is 19.4. The summed E-state index contributed by atoms with van der Waals surface area (Å²) in [5, 5.41) is 0. The molecule has 2 N–H and O–H groups in total. The lowest BCUT2D eigenvalue weighted by molar-refractivity contribution is -0.196. The van der Waals surface area contributed by atoms with Gasteiger partial charge in [0.2, 0.25) is 11.5 Å². The Bertz CT molecular complexity index is 1280. The third kappa shape index (κ3) is 4.27. The number of carbonyl (C=O) groups is 3. The first-order valence-corrected chi connectivity index (χ1v) is 11.7. The first-order valence-electron chi connectivity index (χ1n) is 11.7. The second-order valence-electron chi connectivity index (χ2n) is 9.55. The number of hydrogen-bond donors (Lipinski definition) is 1. The SMILES string of the molecule is Nc1ccc2c(c1F)CCC21OC(=O)N(CC(=O)N(Cc2ccc(F)cc2)C(C2CC2)C(F)(F)F)C1=O. The van der Waals surface area contributed by atoms with Gasteiger partial charge in [-0.05, 0) is 54.5 Å². The molecule has 2 aromatic carbocycles. The molecule has 2 atom stereocenters.